The lowest BCUT2D eigenvalue weighted by Crippen LogP contribution is -2.61. The van der Waals surface area contributed by atoms with E-state index in [1.807, 2.05) is 0 Å². The van der Waals surface area contributed by atoms with Crippen LogP contribution in [-0.2, 0) is 13.2 Å². The Morgan fingerprint density at radius 1 is 1.03 bits per heavy atom. The van der Waals surface area contributed by atoms with Crippen molar-refractivity contribution in [3.8, 4) is 5.69 Å². The first kappa shape index (κ1) is 26.5. The molecule has 1 aromatic carbocycles. The van der Waals surface area contributed by atoms with Crippen LogP contribution in [0.2, 0.25) is 0 Å². The van der Waals surface area contributed by atoms with Gasteiger partial charge in [-0.05, 0) is 76.2 Å². The van der Waals surface area contributed by atoms with Crippen molar-refractivity contribution >= 4 is 17.5 Å². The second kappa shape index (κ2) is 9.08. The SMILES string of the molecule is CN1C(C)(C)CC(Nc2nc(Nc3cc(-n4nnn(C)c4=O)cc(C(F)(F)F)c3)ncc2F)CC1(C)C. The van der Waals surface area contributed by atoms with Gasteiger partial charge >= 0.3 is 11.9 Å². The molecule has 3 aromatic rings. The molecule has 1 aliphatic heterocycles. The Hall–Kier alpha value is -3.55. The first-order valence-corrected chi connectivity index (χ1v) is 11.6. The molecule has 1 aliphatic rings. The lowest BCUT2D eigenvalue weighted by atomic mass is 9.77. The molecule has 10 nitrogen and oxygen atoms in total. The van der Waals surface area contributed by atoms with Crippen molar-refractivity contribution < 1.29 is 17.6 Å². The van der Waals surface area contributed by atoms with E-state index in [4.69, 9.17) is 0 Å². The molecule has 1 saturated heterocycles. The quantitative estimate of drug-likeness (QED) is 0.488. The summed E-state index contributed by atoms with van der Waals surface area (Å²) in [5.74, 6) is -0.862. The summed E-state index contributed by atoms with van der Waals surface area (Å²) in [6, 6.07) is 2.80. The topological polar surface area (TPSA) is 106 Å². The Labute approximate surface area is 210 Å². The molecule has 0 saturated carbocycles. The van der Waals surface area contributed by atoms with Gasteiger partial charge in [0.25, 0.3) is 0 Å². The van der Waals surface area contributed by atoms with Crippen molar-refractivity contribution in [2.24, 2.45) is 7.05 Å². The number of aromatic nitrogens is 6. The maximum Gasteiger partial charge on any atom is 0.416 e. The van der Waals surface area contributed by atoms with E-state index in [1.54, 1.807) is 0 Å². The average Bonchev–Trinajstić information content (AvgIpc) is 3.11. The minimum Gasteiger partial charge on any atom is -0.365 e. The third-order valence-electron chi connectivity index (χ3n) is 6.86. The van der Waals surface area contributed by atoms with Crippen molar-refractivity contribution in [1.82, 2.24) is 34.7 Å². The number of aryl methyl sites for hydroxylation is 1. The molecule has 0 amide bonds. The van der Waals surface area contributed by atoms with Crippen LogP contribution in [-0.4, -0.2) is 58.8 Å². The number of halogens is 4. The number of likely N-dealkylation sites (tertiary alicyclic amines) is 1. The summed E-state index contributed by atoms with van der Waals surface area (Å²) in [6.45, 7) is 8.44. The van der Waals surface area contributed by atoms with Crippen LogP contribution in [0.1, 0.15) is 46.1 Å². The van der Waals surface area contributed by atoms with E-state index in [1.165, 1.54) is 13.1 Å². The Bertz CT molecular complexity index is 1340. The smallest absolute Gasteiger partial charge is 0.365 e. The zero-order valence-electron chi connectivity index (χ0n) is 21.4. The van der Waals surface area contributed by atoms with Gasteiger partial charge in [0.1, 0.15) is 0 Å². The lowest BCUT2D eigenvalue weighted by Gasteiger charge is -2.53. The number of piperidine rings is 1. The molecule has 37 heavy (non-hydrogen) atoms. The number of nitrogens with one attached hydrogen (secondary N) is 2. The molecule has 0 unspecified atom stereocenters. The highest BCUT2D eigenvalue weighted by Gasteiger charge is 2.43. The molecule has 3 heterocycles. The van der Waals surface area contributed by atoms with Crippen LogP contribution in [0.15, 0.2) is 29.2 Å². The Kier molecular flexibility index (Phi) is 6.51. The molecular weight excluding hydrogens is 494 g/mol. The molecule has 1 fully saturated rings. The van der Waals surface area contributed by atoms with Gasteiger partial charge in [-0.2, -0.15) is 27.5 Å². The fraction of sp³-hybridized carbons (Fsp3) is 0.522. The summed E-state index contributed by atoms with van der Waals surface area (Å²) in [7, 11) is 3.38. The number of rotatable bonds is 5. The zero-order chi connectivity index (χ0) is 27.3. The van der Waals surface area contributed by atoms with Crippen molar-refractivity contribution in [3.05, 3.63) is 46.3 Å². The minimum atomic E-state index is -4.71. The van der Waals surface area contributed by atoms with Crippen LogP contribution in [0.4, 0.5) is 35.0 Å². The van der Waals surface area contributed by atoms with Crippen LogP contribution in [0.5, 0.6) is 0 Å². The van der Waals surface area contributed by atoms with Gasteiger partial charge in [0.15, 0.2) is 11.6 Å². The number of hydrogen-bond acceptors (Lipinski definition) is 8. The molecular formula is C23H29F4N9O. The highest BCUT2D eigenvalue weighted by atomic mass is 19.4. The summed E-state index contributed by atoms with van der Waals surface area (Å²) in [6.07, 6.45) is -2.31. The lowest BCUT2D eigenvalue weighted by molar-refractivity contribution is -0.137. The van der Waals surface area contributed by atoms with E-state index in [2.05, 4.69) is 70.7 Å². The highest BCUT2D eigenvalue weighted by molar-refractivity contribution is 5.60. The number of tetrazole rings is 1. The maximum atomic E-state index is 14.6. The summed E-state index contributed by atoms with van der Waals surface area (Å²) in [5.41, 5.74) is -2.29. The van der Waals surface area contributed by atoms with Gasteiger partial charge < -0.3 is 10.6 Å². The van der Waals surface area contributed by atoms with E-state index in [9.17, 15) is 22.4 Å². The van der Waals surface area contributed by atoms with E-state index in [0.29, 0.717) is 0 Å². The molecule has 2 N–H and O–H groups in total. The molecule has 0 bridgehead atoms. The molecule has 0 aliphatic carbocycles. The van der Waals surface area contributed by atoms with Crippen LogP contribution in [0.3, 0.4) is 0 Å². The number of anilines is 3. The average molecular weight is 524 g/mol. The van der Waals surface area contributed by atoms with Gasteiger partial charge in [-0.3, -0.25) is 4.90 Å². The van der Waals surface area contributed by atoms with Crippen molar-refractivity contribution in [3.63, 3.8) is 0 Å². The minimum absolute atomic E-state index is 0.0593. The molecule has 0 atom stereocenters. The predicted molar refractivity (Wildman–Crippen MR) is 129 cm³/mol. The van der Waals surface area contributed by atoms with Gasteiger partial charge in [0.05, 0.1) is 17.4 Å². The molecule has 0 radical (unpaired) electrons. The molecule has 200 valence electrons. The molecule has 2 aromatic heterocycles. The summed E-state index contributed by atoms with van der Waals surface area (Å²) >= 11 is 0. The second-order valence-electron chi connectivity index (χ2n) is 10.5. The van der Waals surface area contributed by atoms with Crippen molar-refractivity contribution in [2.45, 2.75) is 63.8 Å². The van der Waals surface area contributed by atoms with E-state index < -0.39 is 23.2 Å². The first-order valence-electron chi connectivity index (χ1n) is 11.6. The zero-order valence-corrected chi connectivity index (χ0v) is 21.4. The Morgan fingerprint density at radius 3 is 2.24 bits per heavy atom. The van der Waals surface area contributed by atoms with Crippen molar-refractivity contribution in [1.29, 1.82) is 0 Å². The third-order valence-corrected chi connectivity index (χ3v) is 6.86. The predicted octanol–water partition coefficient (Wildman–Crippen LogP) is 3.72. The van der Waals surface area contributed by atoms with Gasteiger partial charge in [-0.15, -0.1) is 0 Å². The van der Waals surface area contributed by atoms with E-state index >= 15 is 0 Å². The van der Waals surface area contributed by atoms with Crippen LogP contribution < -0.4 is 16.3 Å². The van der Waals surface area contributed by atoms with E-state index in [0.717, 1.165) is 40.5 Å². The molecule has 4 rings (SSSR count). The number of benzene rings is 1. The standard InChI is InChI=1S/C23H29F4N9O/c1-21(2)10-15(11-22(3,4)35(21)6)29-18-17(24)12-28-19(31-18)30-14-7-13(23(25,26)27)8-16(9-14)36-20(37)34(5)32-33-36/h7-9,12,15H,10-11H2,1-6H3,(H2,28,29,30,31). The third kappa shape index (κ3) is 5.43. The Balaban J connectivity index is 1.64. The van der Waals surface area contributed by atoms with Crippen LogP contribution >= 0.6 is 0 Å². The fourth-order valence-corrected chi connectivity index (χ4v) is 4.77. The molecule has 0 spiro atoms. The van der Waals surface area contributed by atoms with Gasteiger partial charge in [0.2, 0.25) is 5.95 Å². The van der Waals surface area contributed by atoms with Crippen LogP contribution in [0, 0.1) is 5.82 Å². The van der Waals surface area contributed by atoms with Crippen LogP contribution in [0.25, 0.3) is 5.69 Å². The van der Waals surface area contributed by atoms with E-state index in [-0.39, 0.29) is 40.3 Å². The largest absolute Gasteiger partial charge is 0.416 e. The monoisotopic (exact) mass is 523 g/mol. The fourth-order valence-electron chi connectivity index (χ4n) is 4.77. The molecule has 14 heteroatoms. The number of alkyl halides is 3. The van der Waals surface area contributed by atoms with Crippen molar-refractivity contribution in [2.75, 3.05) is 17.7 Å². The maximum absolute atomic E-state index is 14.6. The van der Waals surface area contributed by atoms with Gasteiger partial charge in [-0.25, -0.2) is 14.2 Å². The first-order chi connectivity index (χ1) is 17.1. The normalized spacial score (nSPS) is 18.1. The number of hydrogen-bond donors (Lipinski definition) is 2. The summed E-state index contributed by atoms with van der Waals surface area (Å²) < 4.78 is 57.0. The van der Waals surface area contributed by atoms with Gasteiger partial charge in [-0.1, -0.05) is 0 Å². The number of nitrogens with zero attached hydrogens (tertiary/aromatic N) is 7. The summed E-state index contributed by atoms with van der Waals surface area (Å²) in [4.78, 5) is 22.6. The Morgan fingerprint density at radius 2 is 1.68 bits per heavy atom. The van der Waals surface area contributed by atoms with Gasteiger partial charge in [0, 0.05) is 29.9 Å². The second-order valence-corrected chi connectivity index (χ2v) is 10.5. The highest BCUT2D eigenvalue weighted by Crippen LogP contribution is 2.38. The summed E-state index contributed by atoms with van der Waals surface area (Å²) in [5, 5.41) is 13.0.